The summed E-state index contributed by atoms with van der Waals surface area (Å²) in [7, 11) is 1.61. The highest BCUT2D eigenvalue weighted by Crippen LogP contribution is 2.31. The van der Waals surface area contributed by atoms with Crippen LogP contribution >= 0.6 is 0 Å². The highest BCUT2D eigenvalue weighted by Gasteiger charge is 2.29. The van der Waals surface area contributed by atoms with Crippen molar-refractivity contribution in [2.24, 2.45) is 0 Å². The normalized spacial score (nSPS) is 13.1. The molecule has 0 saturated heterocycles. The number of nitrogens with zero attached hydrogens (tertiary/aromatic N) is 1. The number of hydrogen-bond donors (Lipinski definition) is 1. The molecule has 0 aliphatic carbocycles. The molecule has 0 unspecified atom stereocenters. The zero-order valence-electron chi connectivity index (χ0n) is 19.4. The van der Waals surface area contributed by atoms with Crippen molar-refractivity contribution in [3.05, 3.63) is 95.6 Å². The molecule has 1 aliphatic heterocycles. The fourth-order valence-electron chi connectivity index (χ4n) is 4.14. The lowest BCUT2D eigenvalue weighted by molar-refractivity contribution is -0.141. The summed E-state index contributed by atoms with van der Waals surface area (Å²) in [5.74, 6) is 1.20. The zero-order valence-corrected chi connectivity index (χ0v) is 19.4. The van der Waals surface area contributed by atoms with E-state index >= 15 is 0 Å². The van der Waals surface area contributed by atoms with Gasteiger partial charge in [-0.1, -0.05) is 66.7 Å². The van der Waals surface area contributed by atoms with Gasteiger partial charge in [0.25, 0.3) is 0 Å². The van der Waals surface area contributed by atoms with Crippen LogP contribution < -0.4 is 14.8 Å². The van der Waals surface area contributed by atoms with Gasteiger partial charge >= 0.3 is 0 Å². The van der Waals surface area contributed by atoms with E-state index in [9.17, 15) is 9.59 Å². The van der Waals surface area contributed by atoms with Crippen molar-refractivity contribution < 1.29 is 19.1 Å². The van der Waals surface area contributed by atoms with Gasteiger partial charge in [0, 0.05) is 26.4 Å². The molecule has 1 N–H and O–H groups in total. The first-order valence-corrected chi connectivity index (χ1v) is 11.6. The molecule has 176 valence electrons. The SMILES string of the molecule is CNC(=O)[C@H](Cc1ccccc1)N(Cc1ccccc1)C(=O)CCc1ccc2c(c1)OCCO2. The molecule has 1 aliphatic rings. The molecule has 1 heterocycles. The average molecular weight is 459 g/mol. The fraction of sp³-hybridized carbons (Fsp3) is 0.286. The minimum absolute atomic E-state index is 0.0664. The lowest BCUT2D eigenvalue weighted by atomic mass is 10.0. The van der Waals surface area contributed by atoms with Crippen LogP contribution in [0, 0.1) is 0 Å². The van der Waals surface area contributed by atoms with E-state index in [0.717, 1.165) is 22.4 Å². The minimum Gasteiger partial charge on any atom is -0.486 e. The molecule has 3 aromatic carbocycles. The van der Waals surface area contributed by atoms with Crippen LogP contribution in [0.3, 0.4) is 0 Å². The van der Waals surface area contributed by atoms with Crippen molar-refractivity contribution in [3.8, 4) is 11.5 Å². The number of rotatable bonds is 9. The van der Waals surface area contributed by atoms with Gasteiger partial charge in [-0.15, -0.1) is 0 Å². The summed E-state index contributed by atoms with van der Waals surface area (Å²) in [6.45, 7) is 1.43. The molecule has 4 rings (SSSR count). The molecule has 34 heavy (non-hydrogen) atoms. The molecule has 0 bridgehead atoms. The third kappa shape index (κ3) is 5.95. The summed E-state index contributed by atoms with van der Waals surface area (Å²) >= 11 is 0. The topological polar surface area (TPSA) is 67.9 Å². The molecule has 6 nitrogen and oxygen atoms in total. The van der Waals surface area contributed by atoms with Crippen molar-refractivity contribution in [1.82, 2.24) is 10.2 Å². The fourth-order valence-corrected chi connectivity index (χ4v) is 4.14. The summed E-state index contributed by atoms with van der Waals surface area (Å²) in [6, 6.07) is 24.8. The van der Waals surface area contributed by atoms with E-state index in [2.05, 4.69) is 5.32 Å². The lowest BCUT2D eigenvalue weighted by Gasteiger charge is -2.31. The largest absolute Gasteiger partial charge is 0.486 e. The zero-order chi connectivity index (χ0) is 23.8. The Labute approximate surface area is 200 Å². The molecule has 0 fully saturated rings. The highest BCUT2D eigenvalue weighted by atomic mass is 16.6. The van der Waals surface area contributed by atoms with E-state index in [1.54, 1.807) is 11.9 Å². The van der Waals surface area contributed by atoms with Crippen LogP contribution in [0.4, 0.5) is 0 Å². The smallest absolute Gasteiger partial charge is 0.242 e. The van der Waals surface area contributed by atoms with Gasteiger partial charge in [0.05, 0.1) is 0 Å². The van der Waals surface area contributed by atoms with E-state index in [4.69, 9.17) is 9.47 Å². The van der Waals surface area contributed by atoms with Gasteiger partial charge in [-0.25, -0.2) is 0 Å². The van der Waals surface area contributed by atoms with Crippen LogP contribution in [0.1, 0.15) is 23.1 Å². The summed E-state index contributed by atoms with van der Waals surface area (Å²) < 4.78 is 11.3. The maximum atomic E-state index is 13.6. The van der Waals surface area contributed by atoms with E-state index in [1.807, 2.05) is 78.9 Å². The van der Waals surface area contributed by atoms with Gasteiger partial charge in [-0.05, 0) is 35.2 Å². The Bertz CT molecular complexity index is 1100. The minimum atomic E-state index is -0.611. The average Bonchev–Trinajstić information content (AvgIpc) is 2.90. The maximum absolute atomic E-state index is 13.6. The first kappa shape index (κ1) is 23.4. The monoisotopic (exact) mass is 458 g/mol. The summed E-state index contributed by atoms with van der Waals surface area (Å²) in [5.41, 5.74) is 2.99. The number of carbonyl (C=O) groups is 2. The summed E-state index contributed by atoms with van der Waals surface area (Å²) in [5, 5.41) is 2.75. The van der Waals surface area contributed by atoms with Crippen LogP contribution in [0.5, 0.6) is 11.5 Å². The molecular weight excluding hydrogens is 428 g/mol. The first-order valence-electron chi connectivity index (χ1n) is 11.6. The van der Waals surface area contributed by atoms with Gasteiger partial charge in [-0.2, -0.15) is 0 Å². The first-order chi connectivity index (χ1) is 16.6. The van der Waals surface area contributed by atoms with Gasteiger partial charge in [0.15, 0.2) is 11.5 Å². The van der Waals surface area contributed by atoms with E-state index in [0.29, 0.717) is 38.3 Å². The molecule has 0 radical (unpaired) electrons. The number of amides is 2. The molecule has 1 atom stereocenters. The van der Waals surface area contributed by atoms with Crippen LogP contribution in [0.15, 0.2) is 78.9 Å². The molecule has 0 aromatic heterocycles. The third-order valence-corrected chi connectivity index (χ3v) is 5.95. The number of fused-ring (bicyclic) bond motifs is 1. The van der Waals surface area contributed by atoms with Crippen LogP contribution in [-0.4, -0.2) is 43.0 Å². The standard InChI is InChI=1S/C28H30N2O4/c1-29-28(32)24(18-21-8-4-2-5-9-21)30(20-23-10-6-3-7-11-23)27(31)15-13-22-12-14-25-26(19-22)34-17-16-33-25/h2-12,14,19,24H,13,15-18,20H2,1H3,(H,29,32)/t24-/m0/s1. The van der Waals surface area contributed by atoms with Gasteiger partial charge < -0.3 is 19.7 Å². The second-order valence-corrected chi connectivity index (χ2v) is 8.31. The quantitative estimate of drug-likeness (QED) is 0.530. The molecule has 6 heteroatoms. The Balaban J connectivity index is 1.54. The Morgan fingerprint density at radius 3 is 2.18 bits per heavy atom. The molecule has 2 amide bonds. The Morgan fingerprint density at radius 1 is 0.853 bits per heavy atom. The van der Waals surface area contributed by atoms with Crippen LogP contribution in [0.25, 0.3) is 0 Å². The predicted octanol–water partition coefficient (Wildman–Crippen LogP) is 3.78. The van der Waals surface area contributed by atoms with Gasteiger partial charge in [-0.3, -0.25) is 9.59 Å². The number of aryl methyl sites for hydroxylation is 1. The van der Waals surface area contributed by atoms with Crippen molar-refractivity contribution >= 4 is 11.8 Å². The highest BCUT2D eigenvalue weighted by molar-refractivity contribution is 5.88. The molecular formula is C28H30N2O4. The molecule has 3 aromatic rings. The lowest BCUT2D eigenvalue weighted by Crippen LogP contribution is -2.49. The van der Waals surface area contributed by atoms with Crippen molar-refractivity contribution in [2.75, 3.05) is 20.3 Å². The second kappa shape index (κ2) is 11.4. The van der Waals surface area contributed by atoms with Crippen molar-refractivity contribution in [2.45, 2.75) is 31.8 Å². The maximum Gasteiger partial charge on any atom is 0.242 e. The Hall–Kier alpha value is -3.80. The van der Waals surface area contributed by atoms with E-state index in [1.165, 1.54) is 0 Å². The van der Waals surface area contributed by atoms with E-state index < -0.39 is 6.04 Å². The number of carbonyl (C=O) groups excluding carboxylic acids is 2. The number of nitrogens with one attached hydrogen (secondary N) is 1. The van der Waals surface area contributed by atoms with Crippen molar-refractivity contribution in [3.63, 3.8) is 0 Å². The Kier molecular flexibility index (Phi) is 7.81. The van der Waals surface area contributed by atoms with E-state index in [-0.39, 0.29) is 18.2 Å². The number of benzene rings is 3. The van der Waals surface area contributed by atoms with Gasteiger partial charge in [0.2, 0.25) is 11.8 Å². The van der Waals surface area contributed by atoms with Crippen LogP contribution in [0.2, 0.25) is 0 Å². The molecule has 0 spiro atoms. The van der Waals surface area contributed by atoms with Crippen LogP contribution in [-0.2, 0) is 29.0 Å². The molecule has 0 saturated carbocycles. The number of hydrogen-bond acceptors (Lipinski definition) is 4. The Morgan fingerprint density at radius 2 is 1.50 bits per heavy atom. The summed E-state index contributed by atoms with van der Waals surface area (Å²) in [6.07, 6.45) is 1.28. The number of likely N-dealkylation sites (N-methyl/N-ethyl adjacent to an activating group) is 1. The summed E-state index contributed by atoms with van der Waals surface area (Å²) in [4.78, 5) is 28.2. The third-order valence-electron chi connectivity index (χ3n) is 5.95. The second-order valence-electron chi connectivity index (χ2n) is 8.31. The van der Waals surface area contributed by atoms with Crippen molar-refractivity contribution in [1.29, 1.82) is 0 Å². The predicted molar refractivity (Wildman–Crippen MR) is 131 cm³/mol. The number of ether oxygens (including phenoxy) is 2. The van der Waals surface area contributed by atoms with Gasteiger partial charge in [0.1, 0.15) is 19.3 Å².